The van der Waals surface area contributed by atoms with Gasteiger partial charge in [0.2, 0.25) is 0 Å². The molecule has 0 bridgehead atoms. The number of hydrogen-bond donors (Lipinski definition) is 0. The Bertz CT molecular complexity index is 1290. The zero-order valence-electron chi connectivity index (χ0n) is 19.2. The maximum atomic E-state index is 14.0. The first kappa shape index (κ1) is 24.1. The quantitative estimate of drug-likeness (QED) is 0.216. The van der Waals surface area contributed by atoms with Crippen molar-refractivity contribution in [3.05, 3.63) is 161 Å². The molecule has 0 saturated heterocycles. The molecular weight excluding hydrogens is 647 g/mol. The van der Waals surface area contributed by atoms with E-state index < -0.39 is 40.4 Å². The molecule has 3 heteroatoms. The van der Waals surface area contributed by atoms with Gasteiger partial charge >= 0.3 is 223 Å². The molecule has 0 heterocycles. The van der Waals surface area contributed by atoms with Crippen LogP contribution in [0.25, 0.3) is 3.52 Å². The van der Waals surface area contributed by atoms with Gasteiger partial charge in [0, 0.05) is 0 Å². The summed E-state index contributed by atoms with van der Waals surface area (Å²) in [5, 5.41) is 0. The third kappa shape index (κ3) is 5.98. The van der Waals surface area contributed by atoms with Gasteiger partial charge in [0.25, 0.3) is 0 Å². The summed E-state index contributed by atoms with van der Waals surface area (Å²) < 4.78 is 23.7. The van der Waals surface area contributed by atoms with Gasteiger partial charge in [0.05, 0.1) is 0 Å². The third-order valence-electron chi connectivity index (χ3n) is 5.73. The fraction of sp³-hybridized carbons (Fsp3) is 0. The summed E-state index contributed by atoms with van der Waals surface area (Å²) in [6.45, 7) is 0. The predicted octanol–water partition coefficient (Wildman–Crippen LogP) is 4.91. The number of benzene rings is 5. The van der Waals surface area contributed by atoms with Crippen LogP contribution in [0.4, 0.5) is 4.39 Å². The van der Waals surface area contributed by atoms with Crippen molar-refractivity contribution in [1.29, 1.82) is 0 Å². The Hall–Kier alpha value is -2.59. The van der Waals surface area contributed by atoms with Gasteiger partial charge in [-0.2, -0.15) is 0 Å². The Labute approximate surface area is 221 Å². The van der Waals surface area contributed by atoms with Crippen LogP contribution < -0.4 is 14.0 Å². The van der Waals surface area contributed by atoms with Crippen molar-refractivity contribution in [3.8, 4) is 0 Å². The molecule has 35 heavy (non-hydrogen) atoms. The zero-order valence-corrected chi connectivity index (χ0v) is 24.3. The molecular formula is C32H25FSb2. The van der Waals surface area contributed by atoms with Gasteiger partial charge in [-0.15, -0.1) is 0 Å². The topological polar surface area (TPSA) is 0 Å². The molecule has 0 N–H and O–H groups in total. The van der Waals surface area contributed by atoms with Gasteiger partial charge in [-0.3, -0.25) is 0 Å². The summed E-state index contributed by atoms with van der Waals surface area (Å²) in [4.78, 5) is 0. The van der Waals surface area contributed by atoms with Crippen LogP contribution >= 0.6 is 0 Å². The van der Waals surface area contributed by atoms with Gasteiger partial charge < -0.3 is 0 Å². The number of hydrogen-bond acceptors (Lipinski definition) is 0. The molecule has 0 spiro atoms. The molecule has 0 amide bonds. The van der Waals surface area contributed by atoms with E-state index in [1.165, 1.54) is 17.6 Å². The zero-order chi connectivity index (χ0) is 23.9. The van der Waals surface area contributed by atoms with Gasteiger partial charge in [-0.25, -0.2) is 0 Å². The first-order valence-electron chi connectivity index (χ1n) is 11.6. The van der Waals surface area contributed by atoms with E-state index in [1.807, 2.05) is 12.1 Å². The van der Waals surface area contributed by atoms with Crippen molar-refractivity contribution in [3.63, 3.8) is 0 Å². The van der Waals surface area contributed by atoms with Crippen molar-refractivity contribution >= 4 is 58.0 Å². The van der Waals surface area contributed by atoms with Crippen LogP contribution in [0.5, 0.6) is 0 Å². The van der Waals surface area contributed by atoms with Crippen LogP contribution in [0.15, 0.2) is 150 Å². The molecule has 5 aromatic carbocycles. The van der Waals surface area contributed by atoms with E-state index in [-0.39, 0.29) is 5.82 Å². The Balaban J connectivity index is 1.77. The van der Waals surface area contributed by atoms with Gasteiger partial charge in [0.15, 0.2) is 0 Å². The summed E-state index contributed by atoms with van der Waals surface area (Å²) in [6, 6.07) is 50.9. The minimum atomic E-state index is -2.42. The van der Waals surface area contributed by atoms with E-state index in [4.69, 9.17) is 0 Å². The van der Waals surface area contributed by atoms with Crippen LogP contribution in [0.3, 0.4) is 0 Å². The second-order valence-electron chi connectivity index (χ2n) is 8.07. The number of rotatable bonds is 7. The van der Waals surface area contributed by atoms with E-state index in [0.717, 1.165) is 5.56 Å². The van der Waals surface area contributed by atoms with Gasteiger partial charge in [0.1, 0.15) is 0 Å². The molecule has 170 valence electrons. The number of halogens is 1. The van der Waals surface area contributed by atoms with Crippen LogP contribution in [-0.4, -0.2) is 40.4 Å². The predicted molar refractivity (Wildman–Crippen MR) is 150 cm³/mol. The fourth-order valence-corrected chi connectivity index (χ4v) is 20.7. The van der Waals surface area contributed by atoms with Crippen LogP contribution in [0.2, 0.25) is 0 Å². The minimum absolute atomic E-state index is 0.195. The van der Waals surface area contributed by atoms with Crippen molar-refractivity contribution in [2.45, 2.75) is 0 Å². The first-order chi connectivity index (χ1) is 17.3. The Kier molecular flexibility index (Phi) is 8.20. The molecule has 0 fully saturated rings. The Morgan fingerprint density at radius 3 is 1.23 bits per heavy atom. The second kappa shape index (κ2) is 11.9. The molecule has 0 aliphatic heterocycles. The molecule has 5 aromatic rings. The van der Waals surface area contributed by atoms with Gasteiger partial charge in [-0.1, -0.05) is 0 Å². The van der Waals surface area contributed by atoms with Crippen molar-refractivity contribution in [1.82, 2.24) is 0 Å². The molecule has 0 nitrogen and oxygen atoms in total. The van der Waals surface area contributed by atoms with Crippen molar-refractivity contribution < 1.29 is 4.39 Å². The van der Waals surface area contributed by atoms with E-state index >= 15 is 0 Å². The average molecular weight is 672 g/mol. The van der Waals surface area contributed by atoms with Crippen molar-refractivity contribution in [2.24, 2.45) is 0 Å². The molecule has 0 aliphatic carbocycles. The summed E-state index contributed by atoms with van der Waals surface area (Å²) >= 11 is -4.70. The average Bonchev–Trinajstić information content (AvgIpc) is 2.93. The fourth-order valence-electron chi connectivity index (χ4n) is 4.06. The van der Waals surface area contributed by atoms with E-state index in [1.54, 1.807) is 12.1 Å². The molecule has 0 unspecified atom stereocenters. The Morgan fingerprint density at radius 2 is 0.829 bits per heavy atom. The van der Waals surface area contributed by atoms with Gasteiger partial charge in [-0.05, 0) is 0 Å². The first-order valence-corrected chi connectivity index (χ1v) is 19.4. The summed E-state index contributed by atoms with van der Waals surface area (Å²) in [6.07, 6.45) is 0. The summed E-state index contributed by atoms with van der Waals surface area (Å²) in [5.74, 6) is -0.195. The summed E-state index contributed by atoms with van der Waals surface area (Å²) in [7, 11) is 0. The molecule has 0 radical (unpaired) electrons. The standard InChI is InChI=1S/C8H5F.4C6H5.2Sb/c1-2-7-3-5-8(9)6-4-7;4*1-2-4-6-5-3-1;;/h1,3-6H;4*1-5H;;. The van der Waals surface area contributed by atoms with E-state index in [9.17, 15) is 4.39 Å². The SMILES string of the molecule is Fc1ccc(/[C](=[CH]\[Sb]([c]2ccccc2)[c]2ccccc2)[Sb]([c]2ccccc2)[c]2ccccc2)cc1. The summed E-state index contributed by atoms with van der Waals surface area (Å²) in [5.41, 5.74) is 1.14. The molecule has 0 aromatic heterocycles. The monoisotopic (exact) mass is 670 g/mol. The third-order valence-corrected chi connectivity index (χ3v) is 21.0. The van der Waals surface area contributed by atoms with Crippen LogP contribution in [0.1, 0.15) is 5.56 Å². The van der Waals surface area contributed by atoms with Crippen molar-refractivity contribution in [2.75, 3.05) is 0 Å². The second-order valence-corrected chi connectivity index (χ2v) is 20.1. The van der Waals surface area contributed by atoms with Crippen LogP contribution in [0, 0.1) is 5.82 Å². The molecule has 0 atom stereocenters. The van der Waals surface area contributed by atoms with E-state index in [2.05, 4.69) is 125 Å². The molecule has 0 aliphatic rings. The maximum absolute atomic E-state index is 14.0. The molecule has 0 saturated carbocycles. The normalized spacial score (nSPS) is 11.7. The Morgan fingerprint density at radius 1 is 0.457 bits per heavy atom. The van der Waals surface area contributed by atoms with E-state index in [0.29, 0.717) is 0 Å². The van der Waals surface area contributed by atoms with Crippen LogP contribution in [-0.2, 0) is 0 Å². The molecule has 5 rings (SSSR count).